The molecule has 0 aromatic heterocycles. The molecule has 1 saturated heterocycles. The molecular formula is C11H17N3OS. The second kappa shape index (κ2) is 5.55. The summed E-state index contributed by atoms with van der Waals surface area (Å²) < 4.78 is 0. The van der Waals surface area contributed by atoms with E-state index in [1.165, 1.54) is 25.7 Å². The van der Waals surface area contributed by atoms with Crippen LogP contribution in [0.4, 0.5) is 0 Å². The van der Waals surface area contributed by atoms with Gasteiger partial charge in [-0.05, 0) is 12.8 Å². The minimum atomic E-state index is -0.220. The van der Waals surface area contributed by atoms with Crippen molar-refractivity contribution in [3.05, 3.63) is 0 Å². The van der Waals surface area contributed by atoms with E-state index in [1.54, 1.807) is 16.7 Å². The number of rotatable bonds is 3. The molecule has 88 valence electrons. The molecule has 5 heteroatoms. The van der Waals surface area contributed by atoms with E-state index in [4.69, 9.17) is 5.26 Å². The number of nitrogens with one attached hydrogen (secondary N) is 1. The molecule has 0 bridgehead atoms. The van der Waals surface area contributed by atoms with E-state index in [0.717, 1.165) is 5.75 Å². The van der Waals surface area contributed by atoms with E-state index < -0.39 is 0 Å². The summed E-state index contributed by atoms with van der Waals surface area (Å²) in [5.74, 6) is 1.50. The van der Waals surface area contributed by atoms with Crippen LogP contribution in [0.5, 0.6) is 0 Å². The van der Waals surface area contributed by atoms with Crippen LogP contribution in [-0.2, 0) is 4.79 Å². The molecule has 0 unspecified atom stereocenters. The summed E-state index contributed by atoms with van der Waals surface area (Å²) in [6.07, 6.45) is 4.91. The number of thioether (sulfide) groups is 1. The van der Waals surface area contributed by atoms with Gasteiger partial charge >= 0.3 is 0 Å². The summed E-state index contributed by atoms with van der Waals surface area (Å²) in [5, 5.41) is 12.2. The highest BCUT2D eigenvalue weighted by Crippen LogP contribution is 2.21. The fourth-order valence-corrected chi connectivity index (χ4v) is 3.36. The third-order valence-electron chi connectivity index (χ3n) is 3.25. The van der Waals surface area contributed by atoms with Gasteiger partial charge in [0.15, 0.2) is 0 Å². The van der Waals surface area contributed by atoms with Gasteiger partial charge in [0.25, 0.3) is 0 Å². The first-order chi connectivity index (χ1) is 7.81. The van der Waals surface area contributed by atoms with Crippen LogP contribution in [0.15, 0.2) is 0 Å². The number of amides is 1. The summed E-state index contributed by atoms with van der Waals surface area (Å²) in [7, 11) is 0. The standard InChI is InChI=1S/C11H17N3OS/c12-5-10-7-16-8-14(10)11(15)6-13-9-3-1-2-4-9/h9-10,13H,1-4,6-8H2/t10-/m0/s1. The van der Waals surface area contributed by atoms with Gasteiger partial charge in [-0.3, -0.25) is 4.79 Å². The predicted molar refractivity (Wildman–Crippen MR) is 63.8 cm³/mol. The maximum atomic E-state index is 11.9. The summed E-state index contributed by atoms with van der Waals surface area (Å²) in [5.41, 5.74) is 0. The zero-order chi connectivity index (χ0) is 11.4. The molecule has 16 heavy (non-hydrogen) atoms. The molecule has 1 aliphatic carbocycles. The lowest BCUT2D eigenvalue weighted by molar-refractivity contribution is -0.129. The quantitative estimate of drug-likeness (QED) is 0.796. The fourth-order valence-electron chi connectivity index (χ4n) is 2.26. The Balaban J connectivity index is 1.76. The Labute approximate surface area is 100 Å². The van der Waals surface area contributed by atoms with E-state index >= 15 is 0 Å². The minimum absolute atomic E-state index is 0.0726. The molecule has 0 aromatic rings. The van der Waals surface area contributed by atoms with E-state index in [9.17, 15) is 4.79 Å². The van der Waals surface area contributed by atoms with Crippen LogP contribution in [0.1, 0.15) is 25.7 Å². The highest BCUT2D eigenvalue weighted by atomic mass is 32.2. The Morgan fingerprint density at radius 3 is 2.94 bits per heavy atom. The van der Waals surface area contributed by atoms with Crippen molar-refractivity contribution in [2.24, 2.45) is 0 Å². The Kier molecular flexibility index (Phi) is 4.08. The van der Waals surface area contributed by atoms with Gasteiger partial charge in [-0.25, -0.2) is 0 Å². The third kappa shape index (κ3) is 2.69. The van der Waals surface area contributed by atoms with Gasteiger partial charge in [0.1, 0.15) is 6.04 Å². The van der Waals surface area contributed by atoms with Gasteiger partial charge in [-0.1, -0.05) is 12.8 Å². The molecule has 4 nitrogen and oxygen atoms in total. The molecule has 2 fully saturated rings. The number of nitrogens with zero attached hydrogens (tertiary/aromatic N) is 2. The zero-order valence-electron chi connectivity index (χ0n) is 9.32. The van der Waals surface area contributed by atoms with Gasteiger partial charge in [0.05, 0.1) is 18.5 Å². The number of hydrogen-bond acceptors (Lipinski definition) is 4. The average Bonchev–Trinajstić information content (AvgIpc) is 2.96. The van der Waals surface area contributed by atoms with Crippen molar-refractivity contribution in [1.82, 2.24) is 10.2 Å². The smallest absolute Gasteiger partial charge is 0.238 e. The largest absolute Gasteiger partial charge is 0.315 e. The van der Waals surface area contributed by atoms with E-state index in [0.29, 0.717) is 18.5 Å². The van der Waals surface area contributed by atoms with Gasteiger partial charge in [-0.15, -0.1) is 11.8 Å². The predicted octanol–water partition coefficient (Wildman–Crippen LogP) is 0.944. The summed E-state index contributed by atoms with van der Waals surface area (Å²) >= 11 is 1.66. The molecule has 1 aliphatic heterocycles. The van der Waals surface area contributed by atoms with Gasteiger partial charge in [-0.2, -0.15) is 5.26 Å². The van der Waals surface area contributed by atoms with Crippen molar-refractivity contribution in [2.75, 3.05) is 18.2 Å². The normalized spacial score (nSPS) is 25.9. The number of carbonyl (C=O) groups is 1. The lowest BCUT2D eigenvalue weighted by Gasteiger charge is -2.20. The highest BCUT2D eigenvalue weighted by Gasteiger charge is 2.29. The average molecular weight is 239 g/mol. The minimum Gasteiger partial charge on any atom is -0.315 e. The van der Waals surface area contributed by atoms with Crippen LogP contribution in [0.2, 0.25) is 0 Å². The Morgan fingerprint density at radius 1 is 1.50 bits per heavy atom. The second-order valence-electron chi connectivity index (χ2n) is 4.37. The Morgan fingerprint density at radius 2 is 2.25 bits per heavy atom. The van der Waals surface area contributed by atoms with Crippen LogP contribution in [0, 0.1) is 11.3 Å². The van der Waals surface area contributed by atoms with Crippen LogP contribution in [-0.4, -0.2) is 41.1 Å². The van der Waals surface area contributed by atoms with Gasteiger partial charge < -0.3 is 10.2 Å². The molecule has 1 saturated carbocycles. The van der Waals surface area contributed by atoms with E-state index in [2.05, 4.69) is 11.4 Å². The van der Waals surface area contributed by atoms with E-state index in [1.807, 2.05) is 0 Å². The Hall–Kier alpha value is -0.730. The molecule has 0 spiro atoms. The maximum absolute atomic E-state index is 11.9. The SMILES string of the molecule is N#C[C@H]1CSCN1C(=O)CNC1CCCC1. The van der Waals surface area contributed by atoms with Crippen LogP contribution in [0.25, 0.3) is 0 Å². The van der Waals surface area contributed by atoms with Crippen LogP contribution < -0.4 is 5.32 Å². The summed E-state index contributed by atoms with van der Waals surface area (Å²) in [6.45, 7) is 0.392. The molecule has 2 rings (SSSR count). The molecule has 1 heterocycles. The molecular weight excluding hydrogens is 222 g/mol. The maximum Gasteiger partial charge on any atom is 0.238 e. The lowest BCUT2D eigenvalue weighted by Crippen LogP contribution is -2.43. The lowest BCUT2D eigenvalue weighted by atomic mass is 10.2. The monoisotopic (exact) mass is 239 g/mol. The highest BCUT2D eigenvalue weighted by molar-refractivity contribution is 7.99. The fraction of sp³-hybridized carbons (Fsp3) is 0.818. The zero-order valence-corrected chi connectivity index (χ0v) is 10.1. The molecule has 2 aliphatic rings. The number of hydrogen-bond donors (Lipinski definition) is 1. The van der Waals surface area contributed by atoms with Crippen molar-refractivity contribution >= 4 is 17.7 Å². The van der Waals surface area contributed by atoms with Crippen molar-refractivity contribution in [3.8, 4) is 6.07 Å². The number of nitriles is 1. The van der Waals surface area contributed by atoms with Crippen LogP contribution >= 0.6 is 11.8 Å². The number of carbonyl (C=O) groups excluding carboxylic acids is 1. The van der Waals surface area contributed by atoms with E-state index in [-0.39, 0.29) is 11.9 Å². The molecule has 1 amide bonds. The topological polar surface area (TPSA) is 56.1 Å². The van der Waals surface area contributed by atoms with Crippen molar-refractivity contribution in [2.45, 2.75) is 37.8 Å². The first-order valence-electron chi connectivity index (χ1n) is 5.81. The summed E-state index contributed by atoms with van der Waals surface area (Å²) in [6, 6.07) is 2.47. The van der Waals surface area contributed by atoms with Crippen molar-refractivity contribution < 1.29 is 4.79 Å². The first-order valence-corrected chi connectivity index (χ1v) is 6.97. The van der Waals surface area contributed by atoms with Crippen molar-refractivity contribution in [3.63, 3.8) is 0 Å². The molecule has 0 aromatic carbocycles. The van der Waals surface area contributed by atoms with Crippen molar-refractivity contribution in [1.29, 1.82) is 5.26 Å². The van der Waals surface area contributed by atoms with Gasteiger partial charge in [0.2, 0.25) is 5.91 Å². The molecule has 1 N–H and O–H groups in total. The second-order valence-corrected chi connectivity index (χ2v) is 5.37. The summed E-state index contributed by atoms with van der Waals surface area (Å²) in [4.78, 5) is 13.6. The Bertz CT molecular complexity index is 296. The first kappa shape index (κ1) is 11.7. The molecule has 1 atom stereocenters. The van der Waals surface area contributed by atoms with Crippen LogP contribution in [0.3, 0.4) is 0 Å². The van der Waals surface area contributed by atoms with Gasteiger partial charge in [0, 0.05) is 11.8 Å². The molecule has 0 radical (unpaired) electrons. The third-order valence-corrected chi connectivity index (χ3v) is 4.26.